The van der Waals surface area contributed by atoms with Gasteiger partial charge in [-0.3, -0.25) is 0 Å². The predicted octanol–water partition coefficient (Wildman–Crippen LogP) is 4.34. The fourth-order valence-electron chi connectivity index (χ4n) is 2.35. The van der Waals surface area contributed by atoms with Gasteiger partial charge in [-0.15, -0.1) is 0 Å². The van der Waals surface area contributed by atoms with E-state index in [1.165, 1.54) is 25.7 Å². The highest BCUT2D eigenvalue weighted by Crippen LogP contribution is 2.25. The lowest BCUT2D eigenvalue weighted by atomic mass is 9.87. The first-order valence-corrected chi connectivity index (χ1v) is 8.26. The summed E-state index contributed by atoms with van der Waals surface area (Å²) in [6.07, 6.45) is 7.00. The van der Waals surface area contributed by atoms with Crippen LogP contribution < -0.4 is 11.1 Å². The Morgan fingerprint density at radius 1 is 1.10 bits per heavy atom. The number of unbranched alkanes of at least 4 members (excludes halogenated alkanes) is 2. The molecule has 0 aliphatic rings. The zero-order chi connectivity index (χ0) is 15.9. The van der Waals surface area contributed by atoms with Crippen LogP contribution in [0.25, 0.3) is 0 Å². The van der Waals surface area contributed by atoms with Gasteiger partial charge in [0.2, 0.25) is 0 Å². The van der Waals surface area contributed by atoms with Crippen LogP contribution >= 0.6 is 0 Å². The predicted molar refractivity (Wildman–Crippen MR) is 91.6 cm³/mol. The molecule has 0 amide bonds. The molecule has 120 valence electrons. The lowest BCUT2D eigenvalue weighted by molar-refractivity contribution is 0.342. The summed E-state index contributed by atoms with van der Waals surface area (Å²) < 4.78 is 0. The van der Waals surface area contributed by atoms with Gasteiger partial charge in [0.05, 0.1) is 0 Å². The van der Waals surface area contributed by atoms with E-state index in [2.05, 4.69) is 43.0 Å². The number of anilines is 2. The Bertz CT molecular complexity index is 441. The van der Waals surface area contributed by atoms with Gasteiger partial charge in [-0.2, -0.15) is 0 Å². The number of aryl methyl sites for hydroxylation is 1. The van der Waals surface area contributed by atoms with Crippen LogP contribution in [0, 0.1) is 12.3 Å². The number of rotatable bonds is 9. The van der Waals surface area contributed by atoms with E-state index in [1.807, 2.05) is 6.92 Å². The maximum Gasteiger partial charge on any atom is 0.134 e. The Hall–Kier alpha value is -1.32. The van der Waals surface area contributed by atoms with E-state index in [0.29, 0.717) is 5.82 Å². The van der Waals surface area contributed by atoms with E-state index < -0.39 is 0 Å². The summed E-state index contributed by atoms with van der Waals surface area (Å²) in [6.45, 7) is 11.9. The maximum absolute atomic E-state index is 6.00. The lowest BCUT2D eigenvalue weighted by Crippen LogP contribution is -2.24. The average molecular weight is 292 g/mol. The third-order valence-electron chi connectivity index (χ3n) is 3.89. The molecular formula is C17H32N4. The second kappa shape index (κ2) is 8.20. The van der Waals surface area contributed by atoms with Gasteiger partial charge in [-0.1, -0.05) is 47.0 Å². The van der Waals surface area contributed by atoms with Crippen molar-refractivity contribution in [1.82, 2.24) is 9.97 Å². The molecule has 0 spiro atoms. The molecule has 4 nitrogen and oxygen atoms in total. The molecule has 0 fully saturated rings. The van der Waals surface area contributed by atoms with Crippen LogP contribution in [0.2, 0.25) is 0 Å². The Morgan fingerprint density at radius 3 is 2.43 bits per heavy atom. The molecule has 1 aromatic heterocycles. The SMILES string of the molecule is CCCCCC(C)(C)CNc1nc(CCC)nc(N)c1C. The molecule has 21 heavy (non-hydrogen) atoms. The molecule has 0 radical (unpaired) electrons. The number of hydrogen-bond acceptors (Lipinski definition) is 4. The first-order valence-electron chi connectivity index (χ1n) is 8.26. The molecule has 0 unspecified atom stereocenters. The molecule has 0 saturated carbocycles. The fourth-order valence-corrected chi connectivity index (χ4v) is 2.35. The van der Waals surface area contributed by atoms with Gasteiger partial charge in [0.15, 0.2) is 0 Å². The molecular weight excluding hydrogens is 260 g/mol. The summed E-state index contributed by atoms with van der Waals surface area (Å²) in [5, 5.41) is 3.49. The number of nitrogens with two attached hydrogens (primary N) is 1. The van der Waals surface area contributed by atoms with Crippen LogP contribution in [0.4, 0.5) is 11.6 Å². The third kappa shape index (κ3) is 5.90. The number of hydrogen-bond donors (Lipinski definition) is 2. The second-order valence-corrected chi connectivity index (χ2v) is 6.72. The zero-order valence-electron chi connectivity index (χ0n) is 14.4. The molecule has 0 atom stereocenters. The van der Waals surface area contributed by atoms with E-state index in [9.17, 15) is 0 Å². The normalized spacial score (nSPS) is 11.7. The van der Waals surface area contributed by atoms with Crippen LogP contribution in [0.1, 0.15) is 71.2 Å². The van der Waals surface area contributed by atoms with Crippen LogP contribution in [0.5, 0.6) is 0 Å². The number of nitrogens with zero attached hydrogens (tertiary/aromatic N) is 2. The van der Waals surface area contributed by atoms with Crippen molar-refractivity contribution in [3.63, 3.8) is 0 Å². The summed E-state index contributed by atoms with van der Waals surface area (Å²) in [6, 6.07) is 0. The van der Waals surface area contributed by atoms with Crippen molar-refractivity contribution in [2.45, 2.75) is 73.1 Å². The van der Waals surface area contributed by atoms with E-state index in [0.717, 1.165) is 36.6 Å². The van der Waals surface area contributed by atoms with Gasteiger partial charge in [0.25, 0.3) is 0 Å². The number of nitrogens with one attached hydrogen (secondary N) is 1. The minimum absolute atomic E-state index is 0.270. The van der Waals surface area contributed by atoms with Gasteiger partial charge in [0.1, 0.15) is 17.5 Å². The van der Waals surface area contributed by atoms with Crippen molar-refractivity contribution >= 4 is 11.6 Å². The smallest absolute Gasteiger partial charge is 0.134 e. The molecule has 1 aromatic rings. The van der Waals surface area contributed by atoms with E-state index in [-0.39, 0.29) is 5.41 Å². The van der Waals surface area contributed by atoms with E-state index in [4.69, 9.17) is 5.73 Å². The van der Waals surface area contributed by atoms with Gasteiger partial charge >= 0.3 is 0 Å². The Morgan fingerprint density at radius 2 is 1.81 bits per heavy atom. The number of aromatic nitrogens is 2. The van der Waals surface area contributed by atoms with Crippen molar-refractivity contribution < 1.29 is 0 Å². The summed E-state index contributed by atoms with van der Waals surface area (Å²) in [5.74, 6) is 2.33. The summed E-state index contributed by atoms with van der Waals surface area (Å²) in [7, 11) is 0. The van der Waals surface area contributed by atoms with Gasteiger partial charge < -0.3 is 11.1 Å². The Kier molecular flexibility index (Phi) is 6.93. The zero-order valence-corrected chi connectivity index (χ0v) is 14.4. The van der Waals surface area contributed by atoms with E-state index in [1.54, 1.807) is 0 Å². The van der Waals surface area contributed by atoms with Gasteiger partial charge in [0, 0.05) is 18.5 Å². The summed E-state index contributed by atoms with van der Waals surface area (Å²) in [4.78, 5) is 8.98. The molecule has 0 aromatic carbocycles. The van der Waals surface area contributed by atoms with Gasteiger partial charge in [-0.05, 0) is 25.2 Å². The minimum atomic E-state index is 0.270. The molecule has 0 aliphatic heterocycles. The molecule has 1 rings (SSSR count). The second-order valence-electron chi connectivity index (χ2n) is 6.72. The van der Waals surface area contributed by atoms with Crippen molar-refractivity contribution in [1.29, 1.82) is 0 Å². The molecule has 3 N–H and O–H groups in total. The average Bonchev–Trinajstić information content (AvgIpc) is 2.41. The number of nitrogen functional groups attached to an aromatic ring is 1. The minimum Gasteiger partial charge on any atom is -0.383 e. The quantitative estimate of drug-likeness (QED) is 0.665. The lowest BCUT2D eigenvalue weighted by Gasteiger charge is -2.26. The molecule has 0 aliphatic carbocycles. The highest BCUT2D eigenvalue weighted by Gasteiger charge is 2.18. The van der Waals surface area contributed by atoms with Crippen LogP contribution in [-0.4, -0.2) is 16.5 Å². The van der Waals surface area contributed by atoms with Crippen LogP contribution in [0.3, 0.4) is 0 Å². The standard InChI is InChI=1S/C17H32N4/c1-6-8-9-11-17(4,5)12-19-16-13(3)15(18)20-14(21-16)10-7-2/h6-12H2,1-5H3,(H3,18,19,20,21). The Labute approximate surface area is 130 Å². The molecule has 0 saturated heterocycles. The Balaban J connectivity index is 2.69. The first kappa shape index (κ1) is 17.7. The monoisotopic (exact) mass is 292 g/mol. The topological polar surface area (TPSA) is 63.8 Å². The largest absolute Gasteiger partial charge is 0.383 e. The maximum atomic E-state index is 6.00. The molecule has 1 heterocycles. The van der Waals surface area contributed by atoms with Crippen LogP contribution in [-0.2, 0) is 6.42 Å². The van der Waals surface area contributed by atoms with Gasteiger partial charge in [-0.25, -0.2) is 9.97 Å². The molecule has 0 bridgehead atoms. The fraction of sp³-hybridized carbons (Fsp3) is 0.765. The molecule has 4 heteroatoms. The third-order valence-corrected chi connectivity index (χ3v) is 3.89. The summed E-state index contributed by atoms with van der Waals surface area (Å²) in [5.41, 5.74) is 7.23. The van der Waals surface area contributed by atoms with Crippen molar-refractivity contribution in [3.8, 4) is 0 Å². The van der Waals surface area contributed by atoms with E-state index >= 15 is 0 Å². The van der Waals surface area contributed by atoms with Crippen molar-refractivity contribution in [2.24, 2.45) is 5.41 Å². The van der Waals surface area contributed by atoms with Crippen LogP contribution in [0.15, 0.2) is 0 Å². The highest BCUT2D eigenvalue weighted by molar-refractivity contribution is 5.54. The summed E-state index contributed by atoms with van der Waals surface area (Å²) >= 11 is 0. The first-order chi connectivity index (χ1) is 9.89. The van der Waals surface area contributed by atoms with Crippen molar-refractivity contribution in [3.05, 3.63) is 11.4 Å². The highest BCUT2D eigenvalue weighted by atomic mass is 15.1. The van der Waals surface area contributed by atoms with Crippen molar-refractivity contribution in [2.75, 3.05) is 17.6 Å².